The summed E-state index contributed by atoms with van der Waals surface area (Å²) in [5.74, 6) is -1.24. The van der Waals surface area contributed by atoms with Gasteiger partial charge in [0.2, 0.25) is 0 Å². The molecule has 0 bridgehead atoms. The Labute approximate surface area is 243 Å². The molecule has 0 spiro atoms. The normalized spacial score (nSPS) is 11.7. The van der Waals surface area contributed by atoms with E-state index in [0.717, 1.165) is 38.5 Å². The highest BCUT2D eigenvalue weighted by Crippen LogP contribution is 2.31. The molecule has 6 rings (SSSR count). The van der Waals surface area contributed by atoms with E-state index in [4.69, 9.17) is 0 Å². The van der Waals surface area contributed by atoms with Gasteiger partial charge in [-0.3, -0.25) is 4.79 Å². The van der Waals surface area contributed by atoms with E-state index in [1.54, 1.807) is 18.2 Å². The van der Waals surface area contributed by atoms with Gasteiger partial charge in [-0.25, -0.2) is 4.79 Å². The number of nitriles is 1. The number of benzene rings is 5. The molecule has 0 unspecified atom stereocenters. The molecular weight excluding hydrogens is 522 g/mol. The number of carbonyl (C=O) groups is 2. The van der Waals surface area contributed by atoms with Gasteiger partial charge in [-0.2, -0.15) is 5.26 Å². The van der Waals surface area contributed by atoms with E-state index in [9.17, 15) is 20.0 Å². The summed E-state index contributed by atoms with van der Waals surface area (Å²) < 4.78 is 2.09. The van der Waals surface area contributed by atoms with Gasteiger partial charge in [0.05, 0.1) is 34.3 Å². The predicted molar refractivity (Wildman–Crippen MR) is 164 cm³/mol. The maximum absolute atomic E-state index is 13.9. The van der Waals surface area contributed by atoms with Crippen LogP contribution >= 0.6 is 0 Å². The lowest BCUT2D eigenvalue weighted by molar-refractivity contribution is 0.0696. The third kappa shape index (κ3) is 5.24. The quantitative estimate of drug-likeness (QED) is 0.215. The highest BCUT2D eigenvalue weighted by molar-refractivity contribution is 6.08. The molecule has 0 radical (unpaired) electrons. The number of nitrogens with zero attached hydrogens (tertiary/aromatic N) is 2. The zero-order chi connectivity index (χ0) is 29.2. The fourth-order valence-electron chi connectivity index (χ4n) is 5.40. The van der Waals surface area contributed by atoms with Gasteiger partial charge in [0.15, 0.2) is 0 Å². The molecule has 6 heteroatoms. The van der Waals surface area contributed by atoms with Gasteiger partial charge in [-0.1, -0.05) is 60.7 Å². The average Bonchev–Trinajstić information content (AvgIpc) is 3.42. The number of aromatic nitrogens is 1. The lowest BCUT2D eigenvalue weighted by Gasteiger charge is -2.17. The van der Waals surface area contributed by atoms with Crippen LogP contribution in [-0.4, -0.2) is 21.6 Å². The summed E-state index contributed by atoms with van der Waals surface area (Å²) in [5, 5.41) is 25.0. The Bertz CT molecular complexity index is 2020. The Morgan fingerprint density at radius 3 is 2.38 bits per heavy atom. The lowest BCUT2D eigenvalue weighted by atomic mass is 9.98. The van der Waals surface area contributed by atoms with Gasteiger partial charge >= 0.3 is 5.97 Å². The van der Waals surface area contributed by atoms with Crippen molar-refractivity contribution in [2.75, 3.05) is 0 Å². The molecule has 5 aromatic carbocycles. The first-order valence-corrected chi connectivity index (χ1v) is 13.6. The molecule has 0 fully saturated rings. The molecule has 6 nitrogen and oxygen atoms in total. The number of nitrogens with one attached hydrogen (secondary N) is 1. The molecule has 42 heavy (non-hydrogen) atoms. The summed E-state index contributed by atoms with van der Waals surface area (Å²) in [6, 6.07) is 36.3. The van der Waals surface area contributed by atoms with E-state index in [0.29, 0.717) is 17.7 Å². The summed E-state index contributed by atoms with van der Waals surface area (Å²) in [7, 11) is 0. The number of carboxylic acid groups (broad SMARTS) is 1. The highest BCUT2D eigenvalue weighted by atomic mass is 16.4. The maximum Gasteiger partial charge on any atom is 0.335 e. The summed E-state index contributed by atoms with van der Waals surface area (Å²) >= 11 is 0. The summed E-state index contributed by atoms with van der Waals surface area (Å²) in [4.78, 5) is 25.2. The van der Waals surface area contributed by atoms with E-state index < -0.39 is 5.97 Å². The molecule has 0 aliphatic heterocycles. The minimum Gasteiger partial charge on any atom is -0.478 e. The summed E-state index contributed by atoms with van der Waals surface area (Å²) in [6.07, 6.45) is 2.00. The van der Waals surface area contributed by atoms with Crippen molar-refractivity contribution < 1.29 is 14.7 Å². The Morgan fingerprint density at radius 1 is 0.833 bits per heavy atom. The van der Waals surface area contributed by atoms with Crippen LogP contribution in [0, 0.1) is 11.3 Å². The smallest absolute Gasteiger partial charge is 0.335 e. The second-order valence-corrected chi connectivity index (χ2v) is 10.4. The van der Waals surface area contributed by atoms with Gasteiger partial charge in [0, 0.05) is 18.1 Å². The number of hydrogen-bond acceptors (Lipinski definition) is 3. The number of hydrogen-bond donors (Lipinski definition) is 2. The number of fused-ring (bicyclic) bond motifs is 2. The maximum atomic E-state index is 13.9. The van der Waals surface area contributed by atoms with Gasteiger partial charge < -0.3 is 15.0 Å². The molecule has 204 valence electrons. The molecule has 6 aromatic rings. The van der Waals surface area contributed by atoms with E-state index in [1.807, 2.05) is 61.7 Å². The topological polar surface area (TPSA) is 95.1 Å². The molecule has 0 aliphatic rings. The van der Waals surface area contributed by atoms with Gasteiger partial charge in [0.1, 0.15) is 0 Å². The second kappa shape index (κ2) is 11.1. The Kier molecular flexibility index (Phi) is 7.00. The molecule has 0 aliphatic carbocycles. The Balaban J connectivity index is 1.41. The van der Waals surface area contributed by atoms with Crippen LogP contribution in [0.4, 0.5) is 0 Å². The molecule has 2 N–H and O–H groups in total. The molecule has 1 amide bonds. The average molecular weight is 550 g/mol. The van der Waals surface area contributed by atoms with Crippen molar-refractivity contribution in [3.63, 3.8) is 0 Å². The minimum atomic E-state index is -0.995. The number of carboxylic acids is 1. The van der Waals surface area contributed by atoms with Crippen LogP contribution in [0.2, 0.25) is 0 Å². The predicted octanol–water partition coefficient (Wildman–Crippen LogP) is 7.57. The van der Waals surface area contributed by atoms with Crippen LogP contribution in [0.25, 0.3) is 32.8 Å². The molecule has 0 saturated heterocycles. The molecule has 0 saturated carbocycles. The van der Waals surface area contributed by atoms with Crippen LogP contribution in [-0.2, 0) is 6.54 Å². The zero-order valence-corrected chi connectivity index (χ0v) is 22.9. The van der Waals surface area contributed by atoms with Crippen LogP contribution in [0.5, 0.6) is 0 Å². The fraction of sp³-hybridized carbons (Fsp3) is 0.0833. The van der Waals surface area contributed by atoms with Gasteiger partial charge in [0.25, 0.3) is 5.91 Å². The summed E-state index contributed by atoms with van der Waals surface area (Å²) in [5.41, 5.74) is 5.68. The number of carbonyl (C=O) groups excluding carboxylic acids is 1. The first kappa shape index (κ1) is 26.5. The zero-order valence-electron chi connectivity index (χ0n) is 22.9. The largest absolute Gasteiger partial charge is 0.478 e. The minimum absolute atomic E-state index is 0.192. The Morgan fingerprint density at radius 2 is 1.62 bits per heavy atom. The standard InChI is InChI=1S/C36H27N3O3/c1-23(26-11-13-28(14-12-26)36(41)42)38-35(40)33-20-32(30-8-4-5-24(17-30)21-37)19-31-15-16-39(34(31)33)22-25-9-10-27-6-2-3-7-29(27)18-25/h2-20,23H,22H2,1H3,(H,38,40)(H,41,42)/t23-/m0/s1. The van der Waals surface area contributed by atoms with Crippen molar-refractivity contribution in [3.8, 4) is 17.2 Å². The van der Waals surface area contributed by atoms with E-state index in [2.05, 4.69) is 46.3 Å². The van der Waals surface area contributed by atoms with E-state index in [1.165, 1.54) is 17.5 Å². The van der Waals surface area contributed by atoms with E-state index in [-0.39, 0.29) is 17.5 Å². The fourth-order valence-corrected chi connectivity index (χ4v) is 5.40. The van der Waals surface area contributed by atoms with Crippen molar-refractivity contribution >= 4 is 33.6 Å². The third-order valence-corrected chi connectivity index (χ3v) is 7.60. The van der Waals surface area contributed by atoms with Crippen molar-refractivity contribution in [3.05, 3.63) is 143 Å². The van der Waals surface area contributed by atoms with Crippen molar-refractivity contribution in [1.29, 1.82) is 5.26 Å². The lowest BCUT2D eigenvalue weighted by Crippen LogP contribution is -2.27. The number of amides is 1. The number of aromatic carboxylic acids is 1. The molecule has 1 heterocycles. The third-order valence-electron chi connectivity index (χ3n) is 7.60. The first-order chi connectivity index (χ1) is 20.4. The number of rotatable bonds is 7. The summed E-state index contributed by atoms with van der Waals surface area (Å²) in [6.45, 7) is 2.46. The first-order valence-electron chi connectivity index (χ1n) is 13.6. The molecule has 1 atom stereocenters. The van der Waals surface area contributed by atoms with Crippen LogP contribution in [0.1, 0.15) is 50.4 Å². The van der Waals surface area contributed by atoms with Crippen molar-refractivity contribution in [2.24, 2.45) is 0 Å². The van der Waals surface area contributed by atoms with Crippen LogP contribution in [0.3, 0.4) is 0 Å². The van der Waals surface area contributed by atoms with Crippen molar-refractivity contribution in [2.45, 2.75) is 19.5 Å². The monoisotopic (exact) mass is 549 g/mol. The molecular formula is C36H27N3O3. The van der Waals surface area contributed by atoms with E-state index >= 15 is 0 Å². The van der Waals surface area contributed by atoms with Crippen molar-refractivity contribution in [1.82, 2.24) is 9.88 Å². The second-order valence-electron chi connectivity index (χ2n) is 10.4. The Hall–Kier alpha value is -5.67. The van der Waals surface area contributed by atoms with Gasteiger partial charge in [-0.05, 0) is 88.5 Å². The molecule has 1 aromatic heterocycles. The highest BCUT2D eigenvalue weighted by Gasteiger charge is 2.19. The SMILES string of the molecule is C[C@H](NC(=O)c1cc(-c2cccc(C#N)c2)cc2ccn(Cc3ccc4ccccc4c3)c12)c1ccc(C(=O)O)cc1. The van der Waals surface area contributed by atoms with Crippen LogP contribution < -0.4 is 5.32 Å². The van der Waals surface area contributed by atoms with Gasteiger partial charge in [-0.15, -0.1) is 0 Å². The van der Waals surface area contributed by atoms with Crippen LogP contribution in [0.15, 0.2) is 115 Å².